The largest absolute Gasteiger partial charge is 0.495 e. The molecule has 2 rings (SSSR count). The number of thiophene rings is 1. The van der Waals surface area contributed by atoms with Crippen LogP contribution in [0.15, 0.2) is 46.0 Å². The summed E-state index contributed by atoms with van der Waals surface area (Å²) < 4.78 is 37.5. The molecule has 0 aliphatic carbocycles. The molecule has 0 bridgehead atoms. The molecule has 0 unspecified atom stereocenters. The van der Waals surface area contributed by atoms with E-state index < -0.39 is 10.0 Å². The third-order valence-corrected chi connectivity index (χ3v) is 5.79. The van der Waals surface area contributed by atoms with E-state index in [1.54, 1.807) is 42.7 Å². The predicted octanol–water partition coefficient (Wildman–Crippen LogP) is 2.59. The van der Waals surface area contributed by atoms with Gasteiger partial charge in [0, 0.05) is 20.2 Å². The standard InChI is InChI=1S/C15H19NO4S2/c1-19-9-8-16(11-13-7-10-21-12-13)22(17,18)15-6-4-3-5-14(15)20-2/h3-7,10,12H,8-9,11H2,1-2H3. The van der Waals surface area contributed by atoms with Gasteiger partial charge < -0.3 is 9.47 Å². The summed E-state index contributed by atoms with van der Waals surface area (Å²) in [7, 11) is -0.640. The summed E-state index contributed by atoms with van der Waals surface area (Å²) in [6.45, 7) is 0.929. The molecular weight excluding hydrogens is 322 g/mol. The Labute approximate surface area is 135 Å². The van der Waals surface area contributed by atoms with Crippen molar-refractivity contribution >= 4 is 21.4 Å². The van der Waals surface area contributed by atoms with Gasteiger partial charge in [-0.05, 0) is 34.5 Å². The Morgan fingerprint density at radius 2 is 1.95 bits per heavy atom. The van der Waals surface area contributed by atoms with Crippen LogP contribution in [-0.2, 0) is 21.3 Å². The van der Waals surface area contributed by atoms with Crippen LogP contribution in [0.4, 0.5) is 0 Å². The molecule has 120 valence electrons. The Morgan fingerprint density at radius 1 is 1.18 bits per heavy atom. The van der Waals surface area contributed by atoms with Crippen LogP contribution in [0.25, 0.3) is 0 Å². The Bertz CT molecular complexity index is 683. The first-order valence-electron chi connectivity index (χ1n) is 6.72. The molecule has 5 nitrogen and oxygen atoms in total. The molecule has 0 spiro atoms. The Balaban J connectivity index is 2.35. The van der Waals surface area contributed by atoms with Gasteiger partial charge in [0.2, 0.25) is 10.0 Å². The van der Waals surface area contributed by atoms with Crippen molar-refractivity contribution in [1.29, 1.82) is 0 Å². The van der Waals surface area contributed by atoms with Gasteiger partial charge >= 0.3 is 0 Å². The van der Waals surface area contributed by atoms with Gasteiger partial charge in [0.15, 0.2) is 0 Å². The highest BCUT2D eigenvalue weighted by atomic mass is 32.2. The van der Waals surface area contributed by atoms with Crippen LogP contribution >= 0.6 is 11.3 Å². The van der Waals surface area contributed by atoms with E-state index in [2.05, 4.69) is 0 Å². The maximum Gasteiger partial charge on any atom is 0.247 e. The second-order valence-corrected chi connectivity index (χ2v) is 7.30. The van der Waals surface area contributed by atoms with Crippen molar-refractivity contribution in [2.75, 3.05) is 27.4 Å². The molecule has 1 aromatic heterocycles. The van der Waals surface area contributed by atoms with E-state index >= 15 is 0 Å². The lowest BCUT2D eigenvalue weighted by atomic mass is 10.3. The van der Waals surface area contributed by atoms with E-state index in [9.17, 15) is 8.42 Å². The number of hydrogen-bond acceptors (Lipinski definition) is 5. The van der Waals surface area contributed by atoms with E-state index in [0.717, 1.165) is 5.56 Å². The third-order valence-electron chi connectivity index (χ3n) is 3.17. The van der Waals surface area contributed by atoms with Crippen LogP contribution in [0.5, 0.6) is 5.75 Å². The lowest BCUT2D eigenvalue weighted by Crippen LogP contribution is -2.33. The van der Waals surface area contributed by atoms with Gasteiger partial charge in [-0.2, -0.15) is 15.6 Å². The number of para-hydroxylation sites is 1. The molecule has 0 amide bonds. The Kier molecular flexibility index (Phi) is 5.96. The summed E-state index contributed by atoms with van der Waals surface area (Å²) in [5, 5.41) is 3.87. The maximum atomic E-state index is 12.9. The lowest BCUT2D eigenvalue weighted by Gasteiger charge is -2.22. The minimum Gasteiger partial charge on any atom is -0.495 e. The van der Waals surface area contributed by atoms with Gasteiger partial charge in [0.25, 0.3) is 0 Å². The summed E-state index contributed by atoms with van der Waals surface area (Å²) in [5.74, 6) is 0.343. The third kappa shape index (κ3) is 3.86. The van der Waals surface area contributed by atoms with Crippen molar-refractivity contribution in [2.24, 2.45) is 0 Å². The molecule has 7 heteroatoms. The van der Waals surface area contributed by atoms with Crippen molar-refractivity contribution < 1.29 is 17.9 Å². The van der Waals surface area contributed by atoms with Gasteiger partial charge in [-0.1, -0.05) is 12.1 Å². The second kappa shape index (κ2) is 7.73. The maximum absolute atomic E-state index is 12.9. The van der Waals surface area contributed by atoms with Crippen molar-refractivity contribution in [1.82, 2.24) is 4.31 Å². The molecule has 0 fully saturated rings. The Hall–Kier alpha value is -1.41. The molecule has 0 aliphatic rings. The second-order valence-electron chi connectivity index (χ2n) is 4.61. The van der Waals surface area contributed by atoms with E-state index in [1.165, 1.54) is 11.4 Å². The zero-order valence-electron chi connectivity index (χ0n) is 12.6. The van der Waals surface area contributed by atoms with Gasteiger partial charge in [-0.15, -0.1) is 0 Å². The van der Waals surface area contributed by atoms with Gasteiger partial charge in [-0.3, -0.25) is 0 Å². The van der Waals surface area contributed by atoms with Crippen LogP contribution in [-0.4, -0.2) is 40.1 Å². The average Bonchev–Trinajstić information content (AvgIpc) is 3.04. The molecule has 0 saturated carbocycles. The number of hydrogen-bond donors (Lipinski definition) is 0. The molecule has 1 aromatic carbocycles. The van der Waals surface area contributed by atoms with Crippen molar-refractivity contribution in [3.8, 4) is 5.75 Å². The van der Waals surface area contributed by atoms with Crippen molar-refractivity contribution in [2.45, 2.75) is 11.4 Å². The fraction of sp³-hybridized carbons (Fsp3) is 0.333. The normalized spacial score (nSPS) is 11.8. The van der Waals surface area contributed by atoms with Crippen LogP contribution in [0, 0.1) is 0 Å². The Morgan fingerprint density at radius 3 is 2.59 bits per heavy atom. The van der Waals surface area contributed by atoms with Crippen LogP contribution in [0.3, 0.4) is 0 Å². The van der Waals surface area contributed by atoms with Gasteiger partial charge in [0.1, 0.15) is 10.6 Å². The zero-order chi connectivity index (χ0) is 16.0. The molecule has 0 saturated heterocycles. The van der Waals surface area contributed by atoms with E-state index in [-0.39, 0.29) is 11.4 Å². The number of methoxy groups -OCH3 is 2. The van der Waals surface area contributed by atoms with E-state index in [4.69, 9.17) is 9.47 Å². The smallest absolute Gasteiger partial charge is 0.247 e. The number of rotatable bonds is 8. The summed E-state index contributed by atoms with van der Waals surface area (Å²) in [5.41, 5.74) is 0.958. The topological polar surface area (TPSA) is 55.8 Å². The summed E-state index contributed by atoms with van der Waals surface area (Å²) in [6, 6.07) is 8.56. The highest BCUT2D eigenvalue weighted by Crippen LogP contribution is 2.27. The SMILES string of the molecule is COCCN(Cc1ccsc1)S(=O)(=O)c1ccccc1OC. The first-order valence-corrected chi connectivity index (χ1v) is 9.11. The number of ether oxygens (including phenoxy) is 2. The summed E-state index contributed by atoms with van der Waals surface area (Å²) in [6.07, 6.45) is 0. The van der Waals surface area contributed by atoms with Crippen molar-refractivity contribution in [3.63, 3.8) is 0 Å². The molecule has 0 radical (unpaired) electrons. The predicted molar refractivity (Wildman–Crippen MR) is 86.8 cm³/mol. The molecular formula is C15H19NO4S2. The monoisotopic (exact) mass is 341 g/mol. The van der Waals surface area contributed by atoms with Crippen LogP contribution in [0.2, 0.25) is 0 Å². The van der Waals surface area contributed by atoms with E-state index in [0.29, 0.717) is 18.9 Å². The van der Waals surface area contributed by atoms with Gasteiger partial charge in [-0.25, -0.2) is 8.42 Å². The average molecular weight is 341 g/mol. The summed E-state index contributed by atoms with van der Waals surface area (Å²) in [4.78, 5) is 0.170. The first-order chi connectivity index (χ1) is 10.6. The van der Waals surface area contributed by atoms with Gasteiger partial charge in [0.05, 0.1) is 13.7 Å². The molecule has 1 heterocycles. The highest BCUT2D eigenvalue weighted by molar-refractivity contribution is 7.89. The first kappa shape index (κ1) is 17.0. The molecule has 22 heavy (non-hydrogen) atoms. The summed E-state index contributed by atoms with van der Waals surface area (Å²) >= 11 is 1.54. The molecule has 0 aliphatic heterocycles. The van der Waals surface area contributed by atoms with E-state index in [1.807, 2.05) is 16.8 Å². The highest BCUT2D eigenvalue weighted by Gasteiger charge is 2.27. The molecule has 0 N–H and O–H groups in total. The zero-order valence-corrected chi connectivity index (χ0v) is 14.2. The molecule has 2 aromatic rings. The molecule has 0 atom stereocenters. The quantitative estimate of drug-likeness (QED) is 0.740. The van der Waals surface area contributed by atoms with Crippen LogP contribution < -0.4 is 4.74 Å². The number of sulfonamides is 1. The fourth-order valence-electron chi connectivity index (χ4n) is 2.03. The van der Waals surface area contributed by atoms with Crippen LogP contribution in [0.1, 0.15) is 5.56 Å². The lowest BCUT2D eigenvalue weighted by molar-refractivity contribution is 0.177. The minimum atomic E-state index is -3.66. The number of benzene rings is 1. The minimum absolute atomic E-state index is 0.170. The number of nitrogens with zero attached hydrogens (tertiary/aromatic N) is 1. The van der Waals surface area contributed by atoms with Crippen molar-refractivity contribution in [3.05, 3.63) is 46.7 Å². The fourth-order valence-corrected chi connectivity index (χ4v) is 4.26.